The molecule has 2 aromatic carbocycles. The van der Waals surface area contributed by atoms with Crippen molar-refractivity contribution < 1.29 is 59.6 Å². The monoisotopic (exact) mass is 674 g/mol. The van der Waals surface area contributed by atoms with Gasteiger partial charge < -0.3 is 9.99 Å². The number of benzene rings is 2. The molecule has 2 aromatic rings. The molecule has 1 heterocycles. The van der Waals surface area contributed by atoms with Crippen molar-refractivity contribution in [2.75, 3.05) is 28.1 Å². The second-order valence-corrected chi connectivity index (χ2v) is 13.3. The number of carbonyl (C=O) groups is 2. The summed E-state index contributed by atoms with van der Waals surface area (Å²) in [6.07, 6.45) is 0. The first-order valence-electron chi connectivity index (χ1n) is 10.3. The Hall–Kier alpha value is -4.38. The topological polar surface area (TPSA) is 286 Å². The van der Waals surface area contributed by atoms with E-state index in [0.717, 1.165) is 19.2 Å². The van der Waals surface area contributed by atoms with E-state index < -0.39 is 78.7 Å². The predicted molar refractivity (Wildman–Crippen MR) is 145 cm³/mol. The van der Waals surface area contributed by atoms with Crippen LogP contribution in [-0.4, -0.2) is 70.6 Å². The molecule has 0 amide bonds. The van der Waals surface area contributed by atoms with E-state index >= 15 is 0 Å². The summed E-state index contributed by atoms with van der Waals surface area (Å²) in [7, 11) is -5.91. The fraction of sp³-hybridized carbons (Fsp3) is 0.158. The number of ketones is 1. The number of halogens is 1. The minimum Gasteiger partial charge on any atom is -0.480 e. The minimum atomic E-state index is -4.14. The number of sulfonamides is 2. The summed E-state index contributed by atoms with van der Waals surface area (Å²) in [5.41, 5.74) is -1.35. The first-order valence-corrected chi connectivity index (χ1v) is 15.9. The fourth-order valence-corrected chi connectivity index (χ4v) is 4.92. The lowest BCUT2D eigenvalue weighted by Crippen LogP contribution is -2.29. The molecule has 0 aliphatic carbocycles. The van der Waals surface area contributed by atoms with E-state index in [-0.39, 0.29) is 16.9 Å². The Balaban J connectivity index is 0.000000331. The van der Waals surface area contributed by atoms with Gasteiger partial charge in [0.1, 0.15) is 17.1 Å². The quantitative estimate of drug-likeness (QED) is 0.112. The lowest BCUT2D eigenvalue weighted by Gasteiger charge is -2.16. The molecule has 230 valence electrons. The maximum Gasteiger partial charge on any atom is 0.320 e. The van der Waals surface area contributed by atoms with Gasteiger partial charge in [0, 0.05) is 28.4 Å². The lowest BCUT2D eigenvalue weighted by atomic mass is 10.1. The van der Waals surface area contributed by atoms with Gasteiger partial charge in [-0.2, -0.15) is 4.89 Å². The summed E-state index contributed by atoms with van der Waals surface area (Å²) >= 11 is 0. The number of anilines is 2. The minimum absolute atomic E-state index is 0.0315. The Morgan fingerprint density at radius 1 is 1.10 bits per heavy atom. The number of hydrogen-bond donors (Lipinski definition) is 3. The predicted octanol–water partition coefficient (Wildman–Crippen LogP) is 1.56. The number of aliphatic carboxylic acids is 1. The van der Waals surface area contributed by atoms with Crippen molar-refractivity contribution in [1.82, 2.24) is 0 Å². The molecule has 1 aliphatic rings. The molecule has 0 saturated heterocycles. The van der Waals surface area contributed by atoms with Gasteiger partial charge in [-0.3, -0.25) is 39.3 Å². The van der Waals surface area contributed by atoms with E-state index in [2.05, 4.69) is 16.4 Å². The second kappa shape index (κ2) is 14.5. The summed E-state index contributed by atoms with van der Waals surface area (Å²) < 4.78 is 69.3. The summed E-state index contributed by atoms with van der Waals surface area (Å²) in [6.45, 7) is 2.95. The molecule has 0 radical (unpaired) electrons. The third kappa shape index (κ3) is 11.2. The highest BCUT2D eigenvalue weighted by molar-refractivity contribution is 8.16. The first kappa shape index (κ1) is 35.6. The van der Waals surface area contributed by atoms with Crippen molar-refractivity contribution in [2.24, 2.45) is 0 Å². The Bertz CT molecular complexity index is 1710. The molecule has 0 spiro atoms. The van der Waals surface area contributed by atoms with Crippen molar-refractivity contribution in [2.45, 2.75) is 0 Å². The number of nitrogens with zero attached hydrogens (tertiary/aromatic N) is 2. The molecule has 23 heteroatoms. The lowest BCUT2D eigenvalue weighted by molar-refractivity contribution is -0.384. The van der Waals surface area contributed by atoms with Crippen LogP contribution in [-0.2, 0) is 43.7 Å². The third-order valence-corrected chi connectivity index (χ3v) is 7.69. The van der Waals surface area contributed by atoms with Crippen molar-refractivity contribution in [3.05, 3.63) is 79.9 Å². The molecular weight excluding hydrogens is 656 g/mol. The van der Waals surface area contributed by atoms with Crippen LogP contribution in [0.2, 0.25) is 0 Å². The number of nitro groups is 2. The maximum absolute atomic E-state index is 11.4. The molecule has 0 fully saturated rings. The van der Waals surface area contributed by atoms with Crippen molar-refractivity contribution >= 4 is 74.3 Å². The second-order valence-electron chi connectivity index (χ2n) is 7.33. The van der Waals surface area contributed by atoms with Crippen molar-refractivity contribution in [3.8, 4) is 0 Å². The van der Waals surface area contributed by atoms with Crippen LogP contribution >= 0.6 is 10.7 Å². The molecule has 42 heavy (non-hydrogen) atoms. The highest BCUT2D eigenvalue weighted by Crippen LogP contribution is 2.32. The van der Waals surface area contributed by atoms with E-state index in [4.69, 9.17) is 15.8 Å². The number of Topliss-reactive ketones (excluding diaryl/α,β-unsaturated/α-hetero) is 1. The molecule has 19 nitrogen and oxygen atoms in total. The van der Waals surface area contributed by atoms with Crippen LogP contribution in [0.4, 0.5) is 22.7 Å². The molecule has 1 aliphatic heterocycles. The van der Waals surface area contributed by atoms with Crippen LogP contribution in [0, 0.1) is 20.2 Å². The van der Waals surface area contributed by atoms with E-state index in [1.54, 1.807) is 0 Å². The first-order chi connectivity index (χ1) is 19.2. The maximum atomic E-state index is 11.4. The van der Waals surface area contributed by atoms with Gasteiger partial charge in [0.2, 0.25) is 20.0 Å². The average molecular weight is 675 g/mol. The van der Waals surface area contributed by atoms with Gasteiger partial charge in [-0.1, -0.05) is 18.2 Å². The van der Waals surface area contributed by atoms with E-state index in [9.17, 15) is 55.1 Å². The average Bonchev–Trinajstić information content (AvgIpc) is 2.82. The summed E-state index contributed by atoms with van der Waals surface area (Å²) in [6, 6.07) is 8.88. The number of carboxylic acids is 1. The third-order valence-electron chi connectivity index (χ3n) is 4.25. The highest BCUT2D eigenvalue weighted by Gasteiger charge is 2.32. The number of carboxylic acid groups (broad SMARTS) is 1. The Morgan fingerprint density at radius 3 is 2.12 bits per heavy atom. The number of para-hydroxylation sites is 3. The number of nitrogens with one attached hydrogen (secondary N) is 2. The number of carbonyl (C=O) groups excluding carboxylic acids is 1. The zero-order valence-electron chi connectivity index (χ0n) is 20.8. The van der Waals surface area contributed by atoms with Crippen LogP contribution in [0.1, 0.15) is 10.4 Å². The van der Waals surface area contributed by atoms with Gasteiger partial charge in [-0.25, -0.2) is 25.3 Å². The van der Waals surface area contributed by atoms with Crippen molar-refractivity contribution in [1.29, 1.82) is 0 Å². The van der Waals surface area contributed by atoms with Crippen LogP contribution in [0.3, 0.4) is 0 Å². The summed E-state index contributed by atoms with van der Waals surface area (Å²) in [5, 5.41) is 29.0. The molecule has 0 atom stereocenters. The summed E-state index contributed by atoms with van der Waals surface area (Å²) in [4.78, 5) is 49.4. The van der Waals surface area contributed by atoms with Gasteiger partial charge in [-0.05, 0) is 18.7 Å². The van der Waals surface area contributed by atoms with Crippen LogP contribution < -0.4 is 9.44 Å². The van der Waals surface area contributed by atoms with Gasteiger partial charge >= 0.3 is 5.97 Å². The van der Waals surface area contributed by atoms with Gasteiger partial charge in [0.25, 0.3) is 25.5 Å². The van der Waals surface area contributed by atoms with E-state index in [1.807, 2.05) is 9.44 Å². The molecule has 0 saturated carbocycles. The summed E-state index contributed by atoms with van der Waals surface area (Å²) in [5.74, 6) is -4.02. The smallest absolute Gasteiger partial charge is 0.320 e. The largest absolute Gasteiger partial charge is 0.480 e. The van der Waals surface area contributed by atoms with Crippen LogP contribution in [0.25, 0.3) is 0 Å². The zero-order valence-corrected chi connectivity index (χ0v) is 24.0. The number of hydrogen-bond acceptors (Lipinski definition) is 14. The Kier molecular flexibility index (Phi) is 12.3. The standard InChI is InChI=1S/C8H8N2O6S.C8H6N2O5S.C3H5ClO4S/c11-8(12)5-17(15,16)9-6-3-1-2-4-7(6)10(13)14;11-7-4-16(14,15)9-8-5(7)2-1-3-6(8)10(12)13;1-3(8-7-2)9(4,5)6/h1-4,9H,5H2,(H,11,12);1-3,9H,4H2;1H2,2H3. The highest BCUT2D eigenvalue weighted by atomic mass is 35.7. The molecule has 0 aromatic heterocycles. The SMILES string of the molecule is C=C(OOC)S(=O)(=O)Cl.O=C(O)CS(=O)(=O)Nc1ccccc1[N+](=O)[O-].O=C1CS(=O)(=O)Nc2c1cccc2[N+](=O)[O-]. The van der Waals surface area contributed by atoms with Gasteiger partial charge in [0.15, 0.2) is 11.5 Å². The molecule has 3 rings (SSSR count). The number of rotatable bonds is 9. The Morgan fingerprint density at radius 2 is 1.64 bits per heavy atom. The van der Waals surface area contributed by atoms with Gasteiger partial charge in [0.05, 0.1) is 17.0 Å². The molecular formula is C19H19ClN4O15S3. The fourth-order valence-electron chi connectivity index (χ4n) is 2.69. The number of nitro benzene ring substituents is 2. The van der Waals surface area contributed by atoms with E-state index in [0.29, 0.717) is 0 Å². The number of fused-ring (bicyclic) bond motifs is 1. The van der Waals surface area contributed by atoms with Crippen molar-refractivity contribution in [3.63, 3.8) is 0 Å². The molecule has 0 bridgehead atoms. The van der Waals surface area contributed by atoms with Gasteiger partial charge in [-0.15, -0.1) is 0 Å². The zero-order chi connectivity index (χ0) is 32.5. The normalized spacial score (nSPS) is 13.3. The Labute approximate surface area is 241 Å². The molecule has 3 N–H and O–H groups in total. The molecule has 0 unspecified atom stereocenters. The van der Waals surface area contributed by atoms with Crippen LogP contribution in [0.15, 0.2) is 54.1 Å². The van der Waals surface area contributed by atoms with Crippen LogP contribution in [0.5, 0.6) is 0 Å². The van der Waals surface area contributed by atoms with E-state index in [1.165, 1.54) is 30.3 Å².